The number of ether oxygens (including phenoxy) is 1. The topological polar surface area (TPSA) is 127 Å². The molecule has 1 aliphatic carbocycles. The van der Waals surface area contributed by atoms with Crippen molar-refractivity contribution in [3.8, 4) is 5.75 Å². The quantitative estimate of drug-likeness (QED) is 0.478. The maximum Gasteiger partial charge on any atom is 0.330 e. The Balaban J connectivity index is 1.55. The molecule has 0 unspecified atom stereocenters. The Morgan fingerprint density at radius 2 is 2.14 bits per heavy atom. The summed E-state index contributed by atoms with van der Waals surface area (Å²) in [5.74, 6) is 0.699. The van der Waals surface area contributed by atoms with E-state index in [1.165, 1.54) is 11.8 Å². The molecule has 2 aliphatic rings. The normalized spacial score (nSPS) is 16.3. The van der Waals surface area contributed by atoms with E-state index in [0.29, 0.717) is 23.1 Å². The number of aryl methyl sites for hydroxylation is 1. The average molecular weight is 425 g/mol. The van der Waals surface area contributed by atoms with E-state index in [-0.39, 0.29) is 4.21 Å². The second kappa shape index (κ2) is 6.80. The number of thiol groups is 1. The van der Waals surface area contributed by atoms with Crippen molar-refractivity contribution in [2.75, 3.05) is 11.9 Å². The van der Waals surface area contributed by atoms with Crippen LogP contribution in [0.3, 0.4) is 0 Å². The van der Waals surface area contributed by atoms with E-state index in [1.807, 2.05) is 0 Å². The van der Waals surface area contributed by atoms with Crippen LogP contribution in [0.5, 0.6) is 5.75 Å². The first-order valence-electron chi connectivity index (χ1n) is 9.13. The molecule has 152 valence electrons. The number of aliphatic hydroxyl groups is 1. The SMILES string of the molecule is CC(C)(O)c1ncc([SH](N)(=O)NC(=O)Nc2c3c(cc4c2OCC4)CCC3)s1. The van der Waals surface area contributed by atoms with Gasteiger partial charge in [0, 0.05) is 16.7 Å². The summed E-state index contributed by atoms with van der Waals surface area (Å²) < 4.78 is 21.2. The number of hydrogen-bond acceptors (Lipinski definition) is 6. The van der Waals surface area contributed by atoms with Crippen molar-refractivity contribution in [2.45, 2.75) is 49.3 Å². The van der Waals surface area contributed by atoms with Crippen molar-refractivity contribution in [3.63, 3.8) is 0 Å². The molecule has 8 nitrogen and oxygen atoms in total. The monoisotopic (exact) mass is 424 g/mol. The van der Waals surface area contributed by atoms with Gasteiger partial charge >= 0.3 is 6.03 Å². The van der Waals surface area contributed by atoms with Gasteiger partial charge < -0.3 is 15.2 Å². The zero-order chi connectivity index (χ0) is 20.1. The number of benzene rings is 1. The summed E-state index contributed by atoms with van der Waals surface area (Å²) in [4.78, 5) is 16.7. The van der Waals surface area contributed by atoms with Gasteiger partial charge in [-0.15, -0.1) is 11.3 Å². The second-order valence-electron chi connectivity index (χ2n) is 7.62. The third-order valence-electron chi connectivity index (χ3n) is 4.90. The van der Waals surface area contributed by atoms with Gasteiger partial charge in [0.2, 0.25) is 0 Å². The Morgan fingerprint density at radius 3 is 2.86 bits per heavy atom. The predicted molar refractivity (Wildman–Crippen MR) is 109 cm³/mol. The molecule has 0 saturated carbocycles. The van der Waals surface area contributed by atoms with E-state index in [4.69, 9.17) is 9.88 Å². The smallest absolute Gasteiger partial charge is 0.330 e. The van der Waals surface area contributed by atoms with E-state index in [0.717, 1.165) is 48.1 Å². The van der Waals surface area contributed by atoms with Crippen molar-refractivity contribution in [3.05, 3.63) is 34.0 Å². The van der Waals surface area contributed by atoms with E-state index in [1.54, 1.807) is 13.8 Å². The van der Waals surface area contributed by atoms with Gasteiger partial charge in [0.25, 0.3) is 0 Å². The summed E-state index contributed by atoms with van der Waals surface area (Å²) in [6, 6.07) is 1.51. The van der Waals surface area contributed by atoms with Crippen LogP contribution in [0.4, 0.5) is 10.5 Å². The number of carbonyl (C=O) groups excluding carboxylic acids is 1. The number of aromatic nitrogens is 1. The molecule has 2 aromatic rings. The number of nitrogens with zero attached hydrogens (tertiary/aromatic N) is 1. The molecule has 0 spiro atoms. The number of anilines is 1. The minimum Gasteiger partial charge on any atom is -0.491 e. The minimum atomic E-state index is -3.68. The molecular weight excluding hydrogens is 400 g/mol. The summed E-state index contributed by atoms with van der Waals surface area (Å²) in [5, 5.41) is 19.1. The van der Waals surface area contributed by atoms with Gasteiger partial charge in [-0.25, -0.2) is 14.0 Å². The fourth-order valence-corrected chi connectivity index (χ4v) is 5.88. The van der Waals surface area contributed by atoms with Gasteiger partial charge in [-0.3, -0.25) is 9.86 Å². The zero-order valence-corrected chi connectivity index (χ0v) is 17.5. The Morgan fingerprint density at radius 1 is 1.36 bits per heavy atom. The van der Waals surface area contributed by atoms with E-state index in [2.05, 4.69) is 21.1 Å². The minimum absolute atomic E-state index is 0.222. The lowest BCUT2D eigenvalue weighted by molar-refractivity contribution is 0.0783. The Bertz CT molecular complexity index is 964. The molecule has 1 aromatic carbocycles. The second-order valence-corrected chi connectivity index (χ2v) is 11.0. The highest BCUT2D eigenvalue weighted by atomic mass is 32.3. The molecule has 4 rings (SSSR count). The van der Waals surface area contributed by atoms with Gasteiger partial charge in [0.05, 0.1) is 18.5 Å². The number of hydrogen-bond donors (Lipinski definition) is 5. The van der Waals surface area contributed by atoms with Crippen LogP contribution in [0, 0.1) is 0 Å². The first-order chi connectivity index (χ1) is 13.1. The Labute approximate surface area is 168 Å². The molecular formula is C18H24N4O4S2. The van der Waals surface area contributed by atoms with Crippen molar-refractivity contribution < 1.29 is 18.8 Å². The van der Waals surface area contributed by atoms with Gasteiger partial charge in [-0.1, -0.05) is 6.07 Å². The molecule has 0 atom stereocenters. The van der Waals surface area contributed by atoms with Crippen LogP contribution in [-0.4, -0.2) is 26.9 Å². The molecule has 2 heterocycles. The lowest BCUT2D eigenvalue weighted by atomic mass is 10.0. The highest BCUT2D eigenvalue weighted by Crippen LogP contribution is 2.42. The molecule has 0 fully saturated rings. The number of thiazole rings is 1. The largest absolute Gasteiger partial charge is 0.491 e. The molecule has 0 saturated heterocycles. The number of amides is 2. The van der Waals surface area contributed by atoms with Gasteiger partial charge in [0.15, 0.2) is 0 Å². The summed E-state index contributed by atoms with van der Waals surface area (Å²) in [6.07, 6.45) is 5.03. The first-order valence-corrected chi connectivity index (χ1v) is 11.7. The van der Waals surface area contributed by atoms with Gasteiger partial charge in [0.1, 0.15) is 20.6 Å². The molecule has 1 aromatic heterocycles. The number of nitrogens with two attached hydrogens (primary N) is 1. The van der Waals surface area contributed by atoms with Crippen LogP contribution in [0.2, 0.25) is 0 Å². The van der Waals surface area contributed by atoms with E-state index >= 15 is 0 Å². The first kappa shape index (κ1) is 19.3. The van der Waals surface area contributed by atoms with Crippen LogP contribution >= 0.6 is 11.3 Å². The number of carbonyl (C=O) groups is 1. The van der Waals surface area contributed by atoms with Crippen molar-refractivity contribution in [1.29, 1.82) is 0 Å². The van der Waals surface area contributed by atoms with Crippen LogP contribution in [0.15, 0.2) is 16.5 Å². The maximum absolute atomic E-state index is 12.9. The molecule has 28 heavy (non-hydrogen) atoms. The number of fused-ring (bicyclic) bond motifs is 2. The van der Waals surface area contributed by atoms with E-state index < -0.39 is 21.9 Å². The third kappa shape index (κ3) is 3.52. The van der Waals surface area contributed by atoms with Crippen molar-refractivity contribution in [1.82, 2.24) is 9.71 Å². The number of rotatable bonds is 4. The number of nitrogens with one attached hydrogen (secondary N) is 2. The van der Waals surface area contributed by atoms with Crippen molar-refractivity contribution >= 4 is 33.4 Å². The molecule has 0 radical (unpaired) electrons. The van der Waals surface area contributed by atoms with Crippen LogP contribution < -0.4 is 19.9 Å². The van der Waals surface area contributed by atoms with Crippen LogP contribution in [-0.2, 0) is 35.2 Å². The Hall–Kier alpha value is -2.01. The van der Waals surface area contributed by atoms with Gasteiger partial charge in [-0.05, 0) is 49.8 Å². The fraction of sp³-hybridized carbons (Fsp3) is 0.444. The molecule has 1 aliphatic heterocycles. The third-order valence-corrected chi connectivity index (χ3v) is 8.40. The molecule has 10 heteroatoms. The van der Waals surface area contributed by atoms with Crippen LogP contribution in [0.25, 0.3) is 0 Å². The summed E-state index contributed by atoms with van der Waals surface area (Å²) >= 11 is 1.02. The molecule has 0 bridgehead atoms. The summed E-state index contributed by atoms with van der Waals surface area (Å²) in [6.45, 7) is 3.74. The average Bonchev–Trinajstić information content (AvgIpc) is 3.33. The van der Waals surface area contributed by atoms with Gasteiger partial charge in [-0.2, -0.15) is 0 Å². The standard InChI is InChI=1S/C18H24N4O4S2/c1-18(2,24)16-20-9-13(27-16)28(19,25)22-17(23)21-14-12-5-3-4-10(12)8-11-6-7-26-15(11)14/h8-9,24,28H,3-7H2,1-2H3,(H4,19,21,22,23,25). The lowest BCUT2D eigenvalue weighted by Gasteiger charge is -2.21. The molecule has 5 N–H and O–H groups in total. The zero-order valence-electron chi connectivity index (χ0n) is 15.7. The highest BCUT2D eigenvalue weighted by molar-refractivity contribution is 8.01. The van der Waals surface area contributed by atoms with E-state index in [9.17, 15) is 14.1 Å². The fourth-order valence-electron chi connectivity index (χ4n) is 3.58. The summed E-state index contributed by atoms with van der Waals surface area (Å²) in [7, 11) is -3.68. The lowest BCUT2D eigenvalue weighted by Crippen LogP contribution is -2.44. The molecule has 2 amide bonds. The van der Waals surface area contributed by atoms with Crippen LogP contribution in [0.1, 0.15) is 42.0 Å². The van der Waals surface area contributed by atoms with Crippen molar-refractivity contribution in [2.24, 2.45) is 5.14 Å². The maximum atomic E-state index is 12.9. The highest BCUT2D eigenvalue weighted by Gasteiger charge is 2.28. The number of urea groups is 1. The Kier molecular flexibility index (Phi) is 4.69. The summed E-state index contributed by atoms with van der Waals surface area (Å²) in [5.41, 5.74) is 2.87. The predicted octanol–water partition coefficient (Wildman–Crippen LogP) is 1.78.